The SMILES string of the molecule is CN=C(NCCc1cn2cccc(C)c2n1)N1CC2CCCCC2C1. The fraction of sp³-hybridized carbons (Fsp3) is 0.600. The molecule has 1 N–H and O–H groups in total. The van der Waals surface area contributed by atoms with Gasteiger partial charge < -0.3 is 14.6 Å². The Hall–Kier alpha value is -2.04. The Morgan fingerprint density at radius 3 is 2.72 bits per heavy atom. The number of hydrogen-bond acceptors (Lipinski definition) is 2. The van der Waals surface area contributed by atoms with Crippen molar-refractivity contribution in [3.8, 4) is 0 Å². The molecule has 0 bridgehead atoms. The number of pyridine rings is 1. The minimum Gasteiger partial charge on any atom is -0.356 e. The summed E-state index contributed by atoms with van der Waals surface area (Å²) in [5.74, 6) is 2.83. The van der Waals surface area contributed by atoms with Crippen LogP contribution in [0.1, 0.15) is 36.9 Å². The molecular formula is C20H29N5. The van der Waals surface area contributed by atoms with Crippen molar-refractivity contribution in [2.45, 2.75) is 39.0 Å². The summed E-state index contributed by atoms with van der Waals surface area (Å²) in [6.45, 7) is 5.34. The van der Waals surface area contributed by atoms with Gasteiger partial charge in [-0.2, -0.15) is 0 Å². The Kier molecular flexibility index (Phi) is 4.64. The number of nitrogens with one attached hydrogen (secondary N) is 1. The van der Waals surface area contributed by atoms with Crippen LogP contribution >= 0.6 is 0 Å². The molecule has 0 radical (unpaired) electrons. The van der Waals surface area contributed by atoms with E-state index in [0.717, 1.165) is 42.1 Å². The maximum atomic E-state index is 4.76. The second-order valence-corrected chi connectivity index (χ2v) is 7.59. The lowest BCUT2D eigenvalue weighted by molar-refractivity contribution is 0.299. The van der Waals surface area contributed by atoms with Gasteiger partial charge in [-0.1, -0.05) is 18.9 Å². The van der Waals surface area contributed by atoms with Gasteiger partial charge in [0.25, 0.3) is 0 Å². The van der Waals surface area contributed by atoms with Gasteiger partial charge in [-0.15, -0.1) is 0 Å². The minimum atomic E-state index is 0.876. The molecule has 2 aliphatic rings. The molecular weight excluding hydrogens is 310 g/mol. The van der Waals surface area contributed by atoms with Crippen molar-refractivity contribution < 1.29 is 0 Å². The number of aryl methyl sites for hydroxylation is 1. The van der Waals surface area contributed by atoms with Gasteiger partial charge in [0.2, 0.25) is 0 Å². The summed E-state index contributed by atoms with van der Waals surface area (Å²) in [6, 6.07) is 4.18. The third-order valence-corrected chi connectivity index (χ3v) is 5.88. The first kappa shape index (κ1) is 16.4. The lowest BCUT2D eigenvalue weighted by Gasteiger charge is -2.22. The zero-order valence-electron chi connectivity index (χ0n) is 15.4. The van der Waals surface area contributed by atoms with E-state index in [1.807, 2.05) is 7.05 Å². The molecule has 1 saturated heterocycles. The van der Waals surface area contributed by atoms with Crippen molar-refractivity contribution in [3.05, 3.63) is 35.8 Å². The molecule has 4 rings (SSSR count). The Balaban J connectivity index is 1.34. The van der Waals surface area contributed by atoms with Crippen LogP contribution in [0.2, 0.25) is 0 Å². The molecule has 0 spiro atoms. The van der Waals surface area contributed by atoms with E-state index in [1.54, 1.807) is 0 Å². The van der Waals surface area contributed by atoms with Gasteiger partial charge in [0.1, 0.15) is 5.65 Å². The smallest absolute Gasteiger partial charge is 0.193 e. The van der Waals surface area contributed by atoms with E-state index in [2.05, 4.69) is 51.1 Å². The van der Waals surface area contributed by atoms with E-state index in [4.69, 9.17) is 4.98 Å². The van der Waals surface area contributed by atoms with E-state index in [1.165, 1.54) is 44.3 Å². The van der Waals surface area contributed by atoms with Crippen molar-refractivity contribution in [2.75, 3.05) is 26.7 Å². The first-order chi connectivity index (χ1) is 12.2. The van der Waals surface area contributed by atoms with Gasteiger partial charge in [-0.05, 0) is 43.2 Å². The Labute approximate surface area is 150 Å². The van der Waals surface area contributed by atoms with E-state index in [0.29, 0.717) is 0 Å². The number of hydrogen-bond donors (Lipinski definition) is 1. The van der Waals surface area contributed by atoms with Crippen LogP contribution in [0.5, 0.6) is 0 Å². The molecule has 1 aliphatic carbocycles. The van der Waals surface area contributed by atoms with Gasteiger partial charge in [0, 0.05) is 45.5 Å². The quantitative estimate of drug-likeness (QED) is 0.691. The Morgan fingerprint density at radius 1 is 1.28 bits per heavy atom. The molecule has 2 aromatic rings. The number of nitrogens with zero attached hydrogens (tertiary/aromatic N) is 4. The lowest BCUT2D eigenvalue weighted by Crippen LogP contribution is -2.41. The largest absolute Gasteiger partial charge is 0.356 e. The molecule has 25 heavy (non-hydrogen) atoms. The van der Waals surface area contributed by atoms with Crippen molar-refractivity contribution in [1.29, 1.82) is 0 Å². The van der Waals surface area contributed by atoms with Gasteiger partial charge in [-0.25, -0.2) is 4.98 Å². The predicted octanol–water partition coefficient (Wildman–Crippen LogP) is 2.88. The van der Waals surface area contributed by atoms with E-state index in [-0.39, 0.29) is 0 Å². The number of aromatic nitrogens is 2. The molecule has 2 unspecified atom stereocenters. The average Bonchev–Trinajstić information content (AvgIpc) is 3.23. The minimum absolute atomic E-state index is 0.876. The number of rotatable bonds is 3. The second-order valence-electron chi connectivity index (χ2n) is 7.59. The molecule has 0 aromatic carbocycles. The van der Waals surface area contributed by atoms with Crippen LogP contribution in [-0.4, -0.2) is 46.9 Å². The maximum Gasteiger partial charge on any atom is 0.193 e. The molecule has 5 heteroatoms. The Bertz CT molecular complexity index is 749. The highest BCUT2D eigenvalue weighted by molar-refractivity contribution is 5.80. The zero-order valence-corrected chi connectivity index (χ0v) is 15.4. The number of aliphatic imine (C=N–C) groups is 1. The van der Waals surface area contributed by atoms with Crippen LogP contribution in [0.3, 0.4) is 0 Å². The van der Waals surface area contributed by atoms with Crippen LogP contribution in [0.15, 0.2) is 29.5 Å². The summed E-state index contributed by atoms with van der Waals surface area (Å²) in [5.41, 5.74) is 3.41. The molecule has 2 fully saturated rings. The van der Waals surface area contributed by atoms with Crippen LogP contribution in [0.25, 0.3) is 5.65 Å². The van der Waals surface area contributed by atoms with E-state index < -0.39 is 0 Å². The Morgan fingerprint density at radius 2 is 2.04 bits per heavy atom. The third-order valence-electron chi connectivity index (χ3n) is 5.88. The number of imidazole rings is 1. The van der Waals surface area contributed by atoms with Gasteiger partial charge in [-0.3, -0.25) is 4.99 Å². The van der Waals surface area contributed by atoms with Crippen molar-refractivity contribution in [1.82, 2.24) is 19.6 Å². The van der Waals surface area contributed by atoms with Crippen LogP contribution in [-0.2, 0) is 6.42 Å². The summed E-state index contributed by atoms with van der Waals surface area (Å²) in [5, 5.41) is 3.56. The topological polar surface area (TPSA) is 44.9 Å². The molecule has 2 aromatic heterocycles. The van der Waals surface area contributed by atoms with Crippen molar-refractivity contribution in [3.63, 3.8) is 0 Å². The molecule has 134 valence electrons. The summed E-state index contributed by atoms with van der Waals surface area (Å²) < 4.78 is 2.12. The van der Waals surface area contributed by atoms with E-state index in [9.17, 15) is 0 Å². The summed E-state index contributed by atoms with van der Waals surface area (Å²) in [7, 11) is 1.90. The average molecular weight is 339 g/mol. The van der Waals surface area contributed by atoms with Crippen molar-refractivity contribution >= 4 is 11.6 Å². The van der Waals surface area contributed by atoms with Gasteiger partial charge in [0.05, 0.1) is 5.69 Å². The van der Waals surface area contributed by atoms with Crippen LogP contribution in [0.4, 0.5) is 0 Å². The fourth-order valence-corrected chi connectivity index (χ4v) is 4.54. The summed E-state index contributed by atoms with van der Waals surface area (Å²) in [6.07, 6.45) is 10.7. The number of fused-ring (bicyclic) bond motifs is 2. The zero-order chi connectivity index (χ0) is 17.2. The van der Waals surface area contributed by atoms with E-state index >= 15 is 0 Å². The first-order valence-corrected chi connectivity index (χ1v) is 9.63. The standard InChI is InChI=1S/C20H29N5/c1-15-6-5-11-24-14-18(23-19(15)24)9-10-22-20(21-2)25-12-16-7-3-4-8-17(16)13-25/h5-6,11,14,16-17H,3-4,7-10,12-13H2,1-2H3,(H,21,22). The molecule has 2 atom stereocenters. The van der Waals surface area contributed by atoms with Gasteiger partial charge >= 0.3 is 0 Å². The van der Waals surface area contributed by atoms with Gasteiger partial charge in [0.15, 0.2) is 5.96 Å². The number of guanidine groups is 1. The molecule has 1 saturated carbocycles. The van der Waals surface area contributed by atoms with Crippen LogP contribution < -0.4 is 5.32 Å². The third kappa shape index (κ3) is 3.37. The molecule has 1 aliphatic heterocycles. The monoisotopic (exact) mass is 339 g/mol. The highest BCUT2D eigenvalue weighted by Gasteiger charge is 2.35. The maximum absolute atomic E-state index is 4.76. The highest BCUT2D eigenvalue weighted by atomic mass is 15.3. The lowest BCUT2D eigenvalue weighted by atomic mass is 9.82. The molecule has 0 amide bonds. The first-order valence-electron chi connectivity index (χ1n) is 9.63. The number of likely N-dealkylation sites (tertiary alicyclic amines) is 1. The van der Waals surface area contributed by atoms with Crippen LogP contribution in [0, 0.1) is 18.8 Å². The molecule has 5 nitrogen and oxygen atoms in total. The second kappa shape index (κ2) is 7.06. The predicted molar refractivity (Wildman–Crippen MR) is 102 cm³/mol. The fourth-order valence-electron chi connectivity index (χ4n) is 4.54. The highest BCUT2D eigenvalue weighted by Crippen LogP contribution is 2.35. The molecule has 3 heterocycles. The normalized spacial score (nSPS) is 23.9. The van der Waals surface area contributed by atoms with Crippen molar-refractivity contribution in [2.24, 2.45) is 16.8 Å². The summed E-state index contributed by atoms with van der Waals surface area (Å²) in [4.78, 5) is 11.7. The summed E-state index contributed by atoms with van der Waals surface area (Å²) >= 11 is 0.